The van der Waals surface area contributed by atoms with Crippen molar-refractivity contribution in [2.24, 2.45) is 5.92 Å². The minimum absolute atomic E-state index is 0.0998. The van der Waals surface area contributed by atoms with Gasteiger partial charge >= 0.3 is 6.03 Å². The van der Waals surface area contributed by atoms with Gasteiger partial charge in [0, 0.05) is 125 Å². The zero-order valence-electron chi connectivity index (χ0n) is 34.9. The van der Waals surface area contributed by atoms with Gasteiger partial charge in [-0.05, 0) is 87.1 Å². The third-order valence-electron chi connectivity index (χ3n) is 13.4. The molecular weight excluding hydrogens is 795 g/mol. The van der Waals surface area contributed by atoms with Gasteiger partial charge in [-0.2, -0.15) is 5.26 Å². The van der Waals surface area contributed by atoms with Crippen LogP contribution in [0, 0.1) is 28.9 Å². The van der Waals surface area contributed by atoms with Crippen LogP contribution in [0.5, 0.6) is 0 Å². The zero-order valence-corrected chi connectivity index (χ0v) is 34.9. The highest BCUT2D eigenvalue weighted by Crippen LogP contribution is 2.35. The number of aromatic nitrogens is 1. The van der Waals surface area contributed by atoms with Gasteiger partial charge in [0.05, 0.1) is 22.5 Å². The summed E-state index contributed by atoms with van der Waals surface area (Å²) in [5.74, 6) is -1.74. The number of benzene rings is 3. The number of rotatable bonds is 7. The Morgan fingerprint density at radius 1 is 0.871 bits per heavy atom. The number of pyridine rings is 1. The van der Waals surface area contributed by atoms with Gasteiger partial charge in [-0.15, -0.1) is 0 Å². The number of piperidine rings is 2. The van der Waals surface area contributed by atoms with E-state index in [2.05, 4.69) is 42.5 Å². The number of nitrogens with one attached hydrogen (secondary N) is 2. The number of urea groups is 1. The fraction of sp³-hybridized carbons (Fsp3) is 0.435. The maximum Gasteiger partial charge on any atom is 0.322 e. The summed E-state index contributed by atoms with van der Waals surface area (Å²) in [6.45, 7) is 10.7. The number of imide groups is 1. The molecule has 4 fully saturated rings. The van der Waals surface area contributed by atoms with Crippen LogP contribution in [-0.4, -0.2) is 120 Å². The molecule has 2 N–H and O–H groups in total. The third-order valence-corrected chi connectivity index (χ3v) is 13.4. The van der Waals surface area contributed by atoms with Gasteiger partial charge in [0.2, 0.25) is 11.8 Å². The molecule has 0 aliphatic carbocycles. The lowest BCUT2D eigenvalue weighted by Gasteiger charge is -2.45. The molecule has 3 aromatic carbocycles. The predicted molar refractivity (Wildman–Crippen MR) is 231 cm³/mol. The van der Waals surface area contributed by atoms with E-state index in [1.165, 1.54) is 6.07 Å². The first-order chi connectivity index (χ1) is 29.9. The largest absolute Gasteiger partial charge is 0.369 e. The summed E-state index contributed by atoms with van der Waals surface area (Å²) in [7, 11) is 0. The molecule has 322 valence electrons. The van der Waals surface area contributed by atoms with E-state index in [1.54, 1.807) is 22.1 Å². The molecule has 62 heavy (non-hydrogen) atoms. The van der Waals surface area contributed by atoms with Crippen LogP contribution < -0.4 is 25.3 Å². The van der Waals surface area contributed by atoms with E-state index in [-0.39, 0.29) is 41.7 Å². The zero-order chi connectivity index (χ0) is 43.2. The highest BCUT2D eigenvalue weighted by molar-refractivity contribution is 6.05. The molecule has 16 heteroatoms. The summed E-state index contributed by atoms with van der Waals surface area (Å²) >= 11 is 0. The molecule has 4 aromatic rings. The average Bonchev–Trinajstić information content (AvgIpc) is 3.60. The highest BCUT2D eigenvalue weighted by Gasteiger charge is 2.40. The molecule has 0 spiro atoms. The second-order valence-corrected chi connectivity index (χ2v) is 17.3. The smallest absolute Gasteiger partial charge is 0.322 e. The Bertz CT molecular complexity index is 2480. The van der Waals surface area contributed by atoms with E-state index in [0.29, 0.717) is 61.7 Å². The number of fused-ring (bicyclic) bond motifs is 2. The molecule has 3 atom stereocenters. The van der Waals surface area contributed by atoms with Crippen LogP contribution in [0.1, 0.15) is 61.0 Å². The lowest BCUT2D eigenvalue weighted by molar-refractivity contribution is -0.136. The van der Waals surface area contributed by atoms with Crippen molar-refractivity contribution in [2.75, 3.05) is 78.9 Å². The predicted octanol–water partition coefficient (Wildman–Crippen LogP) is 5.32. The molecular formula is C46H50F2N10O4. The second-order valence-electron chi connectivity index (χ2n) is 17.3. The molecule has 0 unspecified atom stereocenters. The first kappa shape index (κ1) is 41.0. The number of anilines is 4. The topological polar surface area (TPSA) is 148 Å². The number of piperazine rings is 2. The van der Waals surface area contributed by atoms with E-state index in [1.807, 2.05) is 49.1 Å². The Morgan fingerprint density at radius 3 is 2.42 bits per heavy atom. The molecule has 14 nitrogen and oxygen atoms in total. The standard InChI is InChI=1S/C46H50F2N10O4/c1-28-25-57(29(2)24-56(28)39-8-5-31(23-49)43-35(39)4-3-13-50-43)46(62)51-38-21-37(48)41(22-36(38)47)55-14-11-30(12-15-55)26-53-16-18-54(19-17-53)33-6-7-34-32(20-33)27-58(45(34)61)40-9-10-42(59)52-44(40)60/h3-8,13,20-22,28-30,40H,9-12,14-19,24-27H2,1-2H3,(H,51,62)(H,52,59,60)/t28-,29+,40-/m0/s1. The van der Waals surface area contributed by atoms with E-state index in [4.69, 9.17) is 0 Å². The molecule has 0 saturated carbocycles. The van der Waals surface area contributed by atoms with E-state index in [0.717, 1.165) is 74.0 Å². The summed E-state index contributed by atoms with van der Waals surface area (Å²) in [5, 5.41) is 15.4. The van der Waals surface area contributed by atoms with Gasteiger partial charge in [-0.1, -0.05) is 0 Å². The van der Waals surface area contributed by atoms with Crippen molar-refractivity contribution in [1.29, 1.82) is 5.26 Å². The van der Waals surface area contributed by atoms with Crippen molar-refractivity contribution in [3.63, 3.8) is 0 Å². The van der Waals surface area contributed by atoms with Crippen LogP contribution in [0.15, 0.2) is 60.8 Å². The summed E-state index contributed by atoms with van der Waals surface area (Å²) in [6, 6.07) is 16.3. The molecule has 4 saturated heterocycles. The van der Waals surface area contributed by atoms with Gasteiger partial charge in [0.15, 0.2) is 0 Å². The minimum atomic E-state index is -0.688. The SMILES string of the molecule is C[C@@H]1CN(c2ccc(C#N)c3ncccc23)[C@@H](C)CN1C(=O)Nc1cc(F)c(N2CCC(CN3CCN(c4ccc5c(c4)CN([C@H]4CCC(=O)NC4=O)C5=O)CC3)CC2)cc1F. The number of hydrogen-bond acceptors (Lipinski definition) is 10. The van der Waals surface area contributed by atoms with Crippen LogP contribution in [-0.2, 0) is 16.1 Å². The quantitative estimate of drug-likeness (QED) is 0.235. The fourth-order valence-corrected chi connectivity index (χ4v) is 9.97. The maximum atomic E-state index is 15.7. The van der Waals surface area contributed by atoms with Gasteiger partial charge in [-0.3, -0.25) is 29.6 Å². The van der Waals surface area contributed by atoms with Gasteiger partial charge in [0.25, 0.3) is 5.91 Å². The van der Waals surface area contributed by atoms with E-state index < -0.39 is 29.6 Å². The number of halogens is 2. The Kier molecular flexibility index (Phi) is 11.1. The van der Waals surface area contributed by atoms with Gasteiger partial charge in [-0.25, -0.2) is 13.6 Å². The molecule has 5 aliphatic heterocycles. The van der Waals surface area contributed by atoms with Crippen LogP contribution >= 0.6 is 0 Å². The highest BCUT2D eigenvalue weighted by atomic mass is 19.1. The van der Waals surface area contributed by atoms with Crippen molar-refractivity contribution in [3.8, 4) is 6.07 Å². The normalized spacial score (nSPS) is 22.5. The molecule has 5 amide bonds. The number of carbonyl (C=O) groups is 4. The summed E-state index contributed by atoms with van der Waals surface area (Å²) in [6.07, 6.45) is 3.92. The Morgan fingerprint density at radius 2 is 1.66 bits per heavy atom. The monoisotopic (exact) mass is 844 g/mol. The maximum absolute atomic E-state index is 15.7. The number of nitrogens with zero attached hydrogens (tertiary/aromatic N) is 8. The molecule has 0 radical (unpaired) electrons. The Balaban J connectivity index is 0.749. The lowest BCUT2D eigenvalue weighted by Crippen LogP contribution is -2.59. The van der Waals surface area contributed by atoms with Gasteiger partial charge < -0.3 is 29.8 Å². The molecule has 5 aliphatic rings. The Labute approximate surface area is 359 Å². The summed E-state index contributed by atoms with van der Waals surface area (Å²) in [5.41, 5.74) is 4.60. The Hall–Kier alpha value is -6.34. The summed E-state index contributed by atoms with van der Waals surface area (Å²) < 4.78 is 31.3. The third kappa shape index (κ3) is 7.85. The first-order valence-corrected chi connectivity index (χ1v) is 21.6. The molecule has 6 heterocycles. The van der Waals surface area contributed by atoms with Crippen molar-refractivity contribution < 1.29 is 28.0 Å². The minimum Gasteiger partial charge on any atom is -0.369 e. The summed E-state index contributed by atoms with van der Waals surface area (Å²) in [4.78, 5) is 67.3. The number of amides is 5. The molecule has 0 bridgehead atoms. The van der Waals surface area contributed by atoms with E-state index >= 15 is 8.78 Å². The first-order valence-electron chi connectivity index (χ1n) is 21.6. The van der Waals surface area contributed by atoms with Crippen molar-refractivity contribution in [1.82, 2.24) is 25.0 Å². The van der Waals surface area contributed by atoms with Gasteiger partial charge in [0.1, 0.15) is 23.7 Å². The number of hydrogen-bond donors (Lipinski definition) is 2. The van der Waals surface area contributed by atoms with E-state index in [9.17, 15) is 24.4 Å². The molecule has 1 aromatic heterocycles. The fourth-order valence-electron chi connectivity index (χ4n) is 9.97. The van der Waals surface area contributed by atoms with Crippen LogP contribution in [0.4, 0.5) is 36.3 Å². The number of nitriles is 1. The van der Waals surface area contributed by atoms with Crippen LogP contribution in [0.2, 0.25) is 0 Å². The van der Waals surface area contributed by atoms with Crippen LogP contribution in [0.25, 0.3) is 10.9 Å². The molecule has 9 rings (SSSR count). The van der Waals surface area contributed by atoms with Crippen molar-refractivity contribution in [2.45, 2.75) is 64.2 Å². The second kappa shape index (κ2) is 16.8. The average molecular weight is 845 g/mol. The van der Waals surface area contributed by atoms with Crippen molar-refractivity contribution in [3.05, 3.63) is 89.1 Å². The van der Waals surface area contributed by atoms with Crippen LogP contribution in [0.3, 0.4) is 0 Å². The lowest BCUT2D eigenvalue weighted by atomic mass is 9.95. The number of carbonyl (C=O) groups excluding carboxylic acids is 4. The van der Waals surface area contributed by atoms with Crippen molar-refractivity contribution >= 4 is 57.4 Å².